The molecular formula is C23H20N6OS. The first-order valence-electron chi connectivity index (χ1n) is 10.1. The Hall–Kier alpha value is -3.54. The normalized spacial score (nSPS) is 14.6. The van der Waals surface area contributed by atoms with E-state index >= 15 is 0 Å². The monoisotopic (exact) mass is 428 g/mol. The van der Waals surface area contributed by atoms with Crippen molar-refractivity contribution in [3.8, 4) is 17.5 Å². The van der Waals surface area contributed by atoms with Gasteiger partial charge in [0.2, 0.25) is 0 Å². The van der Waals surface area contributed by atoms with Gasteiger partial charge in [-0.3, -0.25) is 0 Å². The van der Waals surface area contributed by atoms with Crippen LogP contribution >= 0.6 is 11.3 Å². The highest BCUT2D eigenvalue weighted by Gasteiger charge is 2.24. The highest BCUT2D eigenvalue weighted by Crippen LogP contribution is 2.38. The van der Waals surface area contributed by atoms with E-state index in [1.54, 1.807) is 24.4 Å². The molecule has 8 heteroatoms. The zero-order valence-electron chi connectivity index (χ0n) is 16.7. The first-order valence-corrected chi connectivity index (χ1v) is 10.9. The van der Waals surface area contributed by atoms with Gasteiger partial charge in [-0.2, -0.15) is 5.26 Å². The highest BCUT2D eigenvalue weighted by atomic mass is 32.1. The average Bonchev–Trinajstić information content (AvgIpc) is 3.49. The smallest absolute Gasteiger partial charge is 0.163 e. The van der Waals surface area contributed by atoms with Crippen molar-refractivity contribution in [3.05, 3.63) is 64.7 Å². The summed E-state index contributed by atoms with van der Waals surface area (Å²) in [6.45, 7) is 1.90. The largest absolute Gasteiger partial charge is 0.383 e. The van der Waals surface area contributed by atoms with E-state index < -0.39 is 6.10 Å². The van der Waals surface area contributed by atoms with E-state index in [0.717, 1.165) is 47.8 Å². The second-order valence-corrected chi connectivity index (χ2v) is 8.57. The van der Waals surface area contributed by atoms with E-state index in [1.165, 1.54) is 11.3 Å². The lowest BCUT2D eigenvalue weighted by molar-refractivity contribution is 0.224. The summed E-state index contributed by atoms with van der Waals surface area (Å²) >= 11 is 1.39. The number of pyridine rings is 1. The van der Waals surface area contributed by atoms with Crippen molar-refractivity contribution in [1.82, 2.24) is 15.0 Å². The SMILES string of the molecule is N#Cc1cccc(-c2nc(N)c3cc(C(O)c4cccnc4N4CCCC4)sc3n2)c1. The van der Waals surface area contributed by atoms with Crippen molar-refractivity contribution in [3.63, 3.8) is 0 Å². The zero-order valence-corrected chi connectivity index (χ0v) is 17.5. The second kappa shape index (κ2) is 7.95. The molecule has 3 N–H and O–H groups in total. The van der Waals surface area contributed by atoms with Crippen LogP contribution in [0.5, 0.6) is 0 Å². The van der Waals surface area contributed by atoms with Crippen LogP contribution in [-0.2, 0) is 0 Å². The highest BCUT2D eigenvalue weighted by molar-refractivity contribution is 7.18. The molecule has 0 radical (unpaired) electrons. The molecule has 1 saturated heterocycles. The topological polar surface area (TPSA) is 112 Å². The van der Waals surface area contributed by atoms with Gasteiger partial charge in [0.15, 0.2) is 5.82 Å². The molecule has 1 unspecified atom stereocenters. The summed E-state index contributed by atoms with van der Waals surface area (Å²) in [5.41, 5.74) is 8.28. The maximum absolute atomic E-state index is 11.2. The molecule has 4 aromatic rings. The third kappa shape index (κ3) is 3.58. The predicted molar refractivity (Wildman–Crippen MR) is 122 cm³/mol. The summed E-state index contributed by atoms with van der Waals surface area (Å²) in [6.07, 6.45) is 3.21. The van der Waals surface area contributed by atoms with Crippen molar-refractivity contribution >= 4 is 33.2 Å². The van der Waals surface area contributed by atoms with Gasteiger partial charge in [-0.05, 0) is 37.1 Å². The second-order valence-electron chi connectivity index (χ2n) is 7.51. The molecule has 4 heterocycles. The lowest BCUT2D eigenvalue weighted by Crippen LogP contribution is -2.21. The Morgan fingerprint density at radius 1 is 1.13 bits per heavy atom. The van der Waals surface area contributed by atoms with Gasteiger partial charge in [0.1, 0.15) is 22.6 Å². The molecule has 1 atom stereocenters. The van der Waals surface area contributed by atoms with Crippen LogP contribution in [0.4, 0.5) is 11.6 Å². The van der Waals surface area contributed by atoms with Crippen LogP contribution in [0.25, 0.3) is 21.6 Å². The quantitative estimate of drug-likeness (QED) is 0.507. The standard InChI is InChI=1S/C23H20N6OS/c24-13-14-5-3-6-15(11-14)21-27-20(25)17-12-18(31-23(17)28-21)19(30)16-7-4-8-26-22(16)29-9-1-2-10-29/h3-8,11-12,19,30H,1-2,9-10H2,(H2,25,27,28). The first kappa shape index (κ1) is 19.4. The number of nitrogen functional groups attached to an aromatic ring is 1. The van der Waals surface area contributed by atoms with Gasteiger partial charge in [-0.15, -0.1) is 11.3 Å². The Bertz CT molecular complexity index is 1310. The molecule has 1 aromatic carbocycles. The van der Waals surface area contributed by atoms with Crippen molar-refractivity contribution in [2.75, 3.05) is 23.7 Å². The number of thiophene rings is 1. The Labute approximate surface area is 183 Å². The zero-order chi connectivity index (χ0) is 21.4. The molecule has 31 heavy (non-hydrogen) atoms. The van der Waals surface area contributed by atoms with Crippen LogP contribution in [0.15, 0.2) is 48.7 Å². The molecular weight excluding hydrogens is 408 g/mol. The van der Waals surface area contributed by atoms with Crippen LogP contribution in [0, 0.1) is 11.3 Å². The van der Waals surface area contributed by atoms with Crippen LogP contribution in [0.3, 0.4) is 0 Å². The van der Waals surface area contributed by atoms with E-state index in [2.05, 4.69) is 25.9 Å². The van der Waals surface area contributed by atoms with Crippen molar-refractivity contribution in [2.24, 2.45) is 0 Å². The fourth-order valence-corrected chi connectivity index (χ4v) is 4.97. The lowest BCUT2D eigenvalue weighted by atomic mass is 10.1. The van der Waals surface area contributed by atoms with Gasteiger partial charge < -0.3 is 15.7 Å². The minimum Gasteiger partial charge on any atom is -0.383 e. The summed E-state index contributed by atoms with van der Waals surface area (Å²) in [5.74, 6) is 1.64. The van der Waals surface area contributed by atoms with Gasteiger partial charge in [-0.1, -0.05) is 18.2 Å². The van der Waals surface area contributed by atoms with Crippen LogP contribution in [0.1, 0.15) is 34.9 Å². The van der Waals surface area contributed by atoms with Crippen LogP contribution < -0.4 is 10.6 Å². The predicted octanol–water partition coefficient (Wildman–Crippen LogP) is 3.89. The molecule has 5 rings (SSSR count). The van der Waals surface area contributed by atoms with Crippen LogP contribution in [-0.4, -0.2) is 33.1 Å². The fourth-order valence-electron chi connectivity index (χ4n) is 3.92. The number of nitrogens with zero attached hydrogens (tertiary/aromatic N) is 5. The number of aliphatic hydroxyl groups excluding tert-OH is 1. The van der Waals surface area contributed by atoms with E-state index in [4.69, 9.17) is 11.0 Å². The molecule has 3 aromatic heterocycles. The van der Waals surface area contributed by atoms with Gasteiger partial charge >= 0.3 is 0 Å². The molecule has 0 saturated carbocycles. The number of aromatic nitrogens is 3. The summed E-state index contributed by atoms with van der Waals surface area (Å²) < 4.78 is 0. The van der Waals surface area contributed by atoms with E-state index in [1.807, 2.05) is 24.3 Å². The van der Waals surface area contributed by atoms with E-state index in [0.29, 0.717) is 27.4 Å². The average molecular weight is 429 g/mol. The number of rotatable bonds is 4. The number of nitriles is 1. The molecule has 1 aliphatic heterocycles. The third-order valence-electron chi connectivity index (χ3n) is 5.48. The summed E-state index contributed by atoms with van der Waals surface area (Å²) in [5, 5.41) is 21.1. The number of fused-ring (bicyclic) bond motifs is 1. The fraction of sp³-hybridized carbons (Fsp3) is 0.217. The van der Waals surface area contributed by atoms with Crippen molar-refractivity contribution < 1.29 is 5.11 Å². The Balaban J connectivity index is 1.55. The summed E-state index contributed by atoms with van der Waals surface area (Å²) in [7, 11) is 0. The van der Waals surface area contributed by atoms with Crippen LogP contribution in [0.2, 0.25) is 0 Å². The number of hydrogen-bond acceptors (Lipinski definition) is 8. The molecule has 1 aliphatic rings. The molecule has 0 amide bonds. The molecule has 0 bridgehead atoms. The Morgan fingerprint density at radius 2 is 1.97 bits per heavy atom. The van der Waals surface area contributed by atoms with Gasteiger partial charge in [0.05, 0.1) is 17.0 Å². The maximum Gasteiger partial charge on any atom is 0.163 e. The maximum atomic E-state index is 11.2. The van der Waals surface area contributed by atoms with Crippen molar-refractivity contribution in [2.45, 2.75) is 18.9 Å². The molecule has 7 nitrogen and oxygen atoms in total. The molecule has 0 spiro atoms. The van der Waals surface area contributed by atoms with E-state index in [9.17, 15) is 5.11 Å². The lowest BCUT2D eigenvalue weighted by Gasteiger charge is -2.21. The minimum absolute atomic E-state index is 0.350. The van der Waals surface area contributed by atoms with Gasteiger partial charge in [0.25, 0.3) is 0 Å². The van der Waals surface area contributed by atoms with Gasteiger partial charge in [0, 0.05) is 35.3 Å². The molecule has 0 aliphatic carbocycles. The Kier molecular flexibility index (Phi) is 4.98. The number of nitrogens with two attached hydrogens (primary N) is 1. The number of anilines is 2. The molecule has 1 fully saturated rings. The number of aliphatic hydroxyl groups is 1. The number of benzene rings is 1. The molecule has 154 valence electrons. The number of hydrogen-bond donors (Lipinski definition) is 2. The summed E-state index contributed by atoms with van der Waals surface area (Å²) in [4.78, 5) is 17.3. The third-order valence-corrected chi connectivity index (χ3v) is 6.56. The van der Waals surface area contributed by atoms with Crippen molar-refractivity contribution in [1.29, 1.82) is 5.26 Å². The van der Waals surface area contributed by atoms with E-state index in [-0.39, 0.29) is 0 Å². The first-order chi connectivity index (χ1) is 15.1. The van der Waals surface area contributed by atoms with Gasteiger partial charge in [-0.25, -0.2) is 15.0 Å². The minimum atomic E-state index is -0.826. The Morgan fingerprint density at radius 3 is 2.77 bits per heavy atom. The summed E-state index contributed by atoms with van der Waals surface area (Å²) in [6, 6.07) is 14.9.